The average Bonchev–Trinajstić information content (AvgIpc) is 2.71. The molecule has 0 spiro atoms. The van der Waals surface area contributed by atoms with Crippen molar-refractivity contribution in [2.45, 2.75) is 25.2 Å². The summed E-state index contributed by atoms with van der Waals surface area (Å²) >= 11 is 0. The lowest BCUT2D eigenvalue weighted by Crippen LogP contribution is -2.29. The molecule has 0 saturated carbocycles. The fourth-order valence-electron chi connectivity index (χ4n) is 3.47. The third-order valence-electron chi connectivity index (χ3n) is 4.56. The third kappa shape index (κ3) is 5.52. The highest BCUT2D eigenvalue weighted by atomic mass is 31.0. The summed E-state index contributed by atoms with van der Waals surface area (Å²) in [6.07, 6.45) is 3.39. The smallest absolute Gasteiger partial charge is 0.300 e. The molecule has 3 aromatic carbocycles. The Morgan fingerprint density at radius 2 is 1.07 bits per heavy atom. The van der Waals surface area contributed by atoms with Crippen LogP contribution in [0, 0.1) is 0 Å². The molecule has 3 rings (SSSR count). The van der Waals surface area contributed by atoms with Crippen LogP contribution in [-0.4, -0.2) is 17.2 Å². The molecule has 0 aliphatic rings. The second kappa shape index (κ2) is 10.6. The van der Waals surface area contributed by atoms with E-state index < -0.39 is 5.97 Å². The minimum absolute atomic E-state index is 0.0830. The van der Waals surface area contributed by atoms with Crippen molar-refractivity contribution in [1.29, 1.82) is 0 Å². The van der Waals surface area contributed by atoms with Gasteiger partial charge in [-0.1, -0.05) is 91.0 Å². The summed E-state index contributed by atoms with van der Waals surface area (Å²) in [4.78, 5) is 9.00. The number of carboxylic acid groups (broad SMARTS) is 1. The van der Waals surface area contributed by atoms with Crippen molar-refractivity contribution in [2.75, 3.05) is 6.16 Å². The maximum absolute atomic E-state index is 9.00. The van der Waals surface area contributed by atoms with Gasteiger partial charge in [-0.2, -0.15) is 0 Å². The van der Waals surface area contributed by atoms with Crippen molar-refractivity contribution in [3.8, 4) is 0 Å². The molecule has 0 radical (unpaired) electrons. The average molecular weight is 378 g/mol. The normalized spacial score (nSPS) is 10.6. The number of rotatable bonds is 6. The Kier molecular flexibility index (Phi) is 8.23. The van der Waals surface area contributed by atoms with E-state index in [-0.39, 0.29) is 5.41 Å². The molecule has 0 aromatic heterocycles. The second-order valence-corrected chi connectivity index (χ2v) is 6.99. The fraction of sp³-hybridized carbons (Fsp3) is 0.208. The lowest BCUT2D eigenvalue weighted by Gasteiger charge is -2.36. The van der Waals surface area contributed by atoms with Crippen molar-refractivity contribution in [3.63, 3.8) is 0 Å². The molecule has 2 nitrogen and oxygen atoms in total. The topological polar surface area (TPSA) is 37.3 Å². The van der Waals surface area contributed by atoms with Crippen molar-refractivity contribution in [1.82, 2.24) is 0 Å². The number of hydrogen-bond donors (Lipinski definition) is 1. The number of hydrogen-bond acceptors (Lipinski definition) is 1. The van der Waals surface area contributed by atoms with Crippen LogP contribution >= 0.6 is 9.24 Å². The molecule has 0 bridgehead atoms. The van der Waals surface area contributed by atoms with Crippen LogP contribution in [0.4, 0.5) is 0 Å². The van der Waals surface area contributed by atoms with Crippen molar-refractivity contribution >= 4 is 15.2 Å². The minimum atomic E-state index is -0.833. The monoisotopic (exact) mass is 378 g/mol. The van der Waals surface area contributed by atoms with Crippen LogP contribution < -0.4 is 0 Å². The minimum Gasteiger partial charge on any atom is -0.481 e. The van der Waals surface area contributed by atoms with Crippen LogP contribution in [0.2, 0.25) is 0 Å². The van der Waals surface area contributed by atoms with Gasteiger partial charge in [-0.25, -0.2) is 0 Å². The van der Waals surface area contributed by atoms with Gasteiger partial charge in [-0.05, 0) is 35.7 Å². The molecular weight excluding hydrogens is 351 g/mol. The van der Waals surface area contributed by atoms with Crippen LogP contribution in [0.5, 0.6) is 0 Å². The predicted molar refractivity (Wildman–Crippen MR) is 116 cm³/mol. The molecule has 0 aliphatic heterocycles. The number of aliphatic carboxylic acids is 1. The van der Waals surface area contributed by atoms with Crippen molar-refractivity contribution in [2.24, 2.45) is 0 Å². The van der Waals surface area contributed by atoms with E-state index in [9.17, 15) is 0 Å². The number of benzene rings is 3. The summed E-state index contributed by atoms with van der Waals surface area (Å²) in [5.41, 5.74) is 4.03. The largest absolute Gasteiger partial charge is 0.481 e. The summed E-state index contributed by atoms with van der Waals surface area (Å²) in [7, 11) is 2.87. The summed E-state index contributed by atoms with van der Waals surface area (Å²) < 4.78 is 0. The van der Waals surface area contributed by atoms with Crippen molar-refractivity contribution < 1.29 is 9.90 Å². The Morgan fingerprint density at radius 1 is 0.778 bits per heavy atom. The Labute approximate surface area is 164 Å². The van der Waals surface area contributed by atoms with E-state index in [4.69, 9.17) is 9.90 Å². The molecule has 1 unspecified atom stereocenters. The van der Waals surface area contributed by atoms with Gasteiger partial charge in [0.25, 0.3) is 5.97 Å². The maximum atomic E-state index is 9.00. The molecule has 0 heterocycles. The molecule has 140 valence electrons. The zero-order chi connectivity index (χ0) is 19.5. The highest BCUT2D eigenvalue weighted by molar-refractivity contribution is 7.16. The van der Waals surface area contributed by atoms with Gasteiger partial charge in [-0.3, -0.25) is 4.79 Å². The fourth-order valence-corrected chi connectivity index (χ4v) is 3.67. The standard InChI is InChI=1S/C22H23P.C2H4O2/c23-18-10-17-22(19-11-4-1-5-12-19,20-13-6-2-7-14-20)21-15-8-3-9-16-21;1-2(3)4/h1-9,11-16H,10,17-18,23H2;1H3,(H,3,4). The Bertz CT molecular complexity index is 701. The molecule has 0 fully saturated rings. The van der Waals surface area contributed by atoms with Gasteiger partial charge in [-0.15, -0.1) is 9.24 Å². The van der Waals surface area contributed by atoms with Crippen molar-refractivity contribution in [3.05, 3.63) is 108 Å². The predicted octanol–water partition coefficient (Wildman–Crippen LogP) is 5.77. The quantitative estimate of drug-likeness (QED) is 0.437. The molecule has 0 aliphatic carbocycles. The summed E-state index contributed by atoms with van der Waals surface area (Å²) in [5.74, 6) is -0.833. The van der Waals surface area contributed by atoms with Gasteiger partial charge >= 0.3 is 0 Å². The van der Waals surface area contributed by atoms with Crippen LogP contribution in [0.25, 0.3) is 0 Å². The number of carboxylic acids is 1. The lowest BCUT2D eigenvalue weighted by atomic mass is 9.67. The maximum Gasteiger partial charge on any atom is 0.300 e. The molecule has 3 aromatic rings. The first-order chi connectivity index (χ1) is 13.1. The second-order valence-electron chi connectivity index (χ2n) is 6.41. The van der Waals surface area contributed by atoms with E-state index in [0.29, 0.717) is 0 Å². The van der Waals surface area contributed by atoms with E-state index in [1.807, 2.05) is 0 Å². The first-order valence-electron chi connectivity index (χ1n) is 9.17. The first kappa shape index (κ1) is 20.9. The lowest BCUT2D eigenvalue weighted by molar-refractivity contribution is -0.134. The zero-order valence-electron chi connectivity index (χ0n) is 15.7. The van der Waals surface area contributed by atoms with E-state index >= 15 is 0 Å². The molecule has 27 heavy (non-hydrogen) atoms. The van der Waals surface area contributed by atoms with E-state index in [2.05, 4.69) is 100 Å². The summed E-state index contributed by atoms with van der Waals surface area (Å²) in [6.45, 7) is 1.08. The molecule has 1 atom stereocenters. The van der Waals surface area contributed by atoms with Crippen LogP contribution in [-0.2, 0) is 10.2 Å². The van der Waals surface area contributed by atoms with Gasteiger partial charge in [0.15, 0.2) is 0 Å². The van der Waals surface area contributed by atoms with E-state index in [1.165, 1.54) is 23.1 Å². The van der Waals surface area contributed by atoms with Crippen LogP contribution in [0.15, 0.2) is 91.0 Å². The molecule has 1 N–H and O–H groups in total. The van der Waals surface area contributed by atoms with E-state index in [0.717, 1.165) is 19.5 Å². The van der Waals surface area contributed by atoms with Gasteiger partial charge < -0.3 is 5.11 Å². The summed E-state index contributed by atoms with van der Waals surface area (Å²) in [6, 6.07) is 32.8. The van der Waals surface area contributed by atoms with Crippen LogP contribution in [0.1, 0.15) is 36.5 Å². The third-order valence-corrected chi connectivity index (χ3v) is 4.96. The van der Waals surface area contributed by atoms with E-state index in [1.54, 1.807) is 0 Å². The Hall–Kier alpha value is -2.44. The van der Waals surface area contributed by atoms with Gasteiger partial charge in [0, 0.05) is 12.3 Å². The molecular formula is C24H27O2P. The van der Waals surface area contributed by atoms with Gasteiger partial charge in [0.2, 0.25) is 0 Å². The Balaban J connectivity index is 0.000000596. The zero-order valence-corrected chi connectivity index (χ0v) is 16.9. The summed E-state index contributed by atoms with van der Waals surface area (Å²) in [5, 5.41) is 7.42. The highest BCUT2D eigenvalue weighted by Gasteiger charge is 2.35. The first-order valence-corrected chi connectivity index (χ1v) is 9.99. The Morgan fingerprint density at radius 3 is 1.33 bits per heavy atom. The molecule has 0 saturated heterocycles. The van der Waals surface area contributed by atoms with Crippen LogP contribution in [0.3, 0.4) is 0 Å². The number of carbonyl (C=O) groups is 1. The SMILES string of the molecule is CC(=O)O.PCCCC(c1ccccc1)(c1ccccc1)c1ccccc1. The highest BCUT2D eigenvalue weighted by Crippen LogP contribution is 2.43. The molecule has 3 heteroatoms. The van der Waals surface area contributed by atoms with Gasteiger partial charge in [0.05, 0.1) is 0 Å². The molecule has 0 amide bonds. The van der Waals surface area contributed by atoms with Gasteiger partial charge in [0.1, 0.15) is 0 Å².